The van der Waals surface area contributed by atoms with Crippen molar-refractivity contribution in [2.45, 2.75) is 19.4 Å². The Hall–Kier alpha value is -2.37. The average molecular weight is 341 g/mol. The highest BCUT2D eigenvalue weighted by molar-refractivity contribution is 7.08. The summed E-state index contributed by atoms with van der Waals surface area (Å²) in [7, 11) is 0. The van der Waals surface area contributed by atoms with Crippen LogP contribution in [-0.2, 0) is 5.60 Å². The SMILES string of the molecule is Cc1ccc(C)c(C(=O)NC[C@](O)(c2ccsc2)c2ccco2)c1. The lowest BCUT2D eigenvalue weighted by Crippen LogP contribution is -2.41. The number of benzene rings is 1. The number of amides is 1. The first-order chi connectivity index (χ1) is 11.5. The van der Waals surface area contributed by atoms with E-state index >= 15 is 0 Å². The van der Waals surface area contributed by atoms with E-state index in [1.165, 1.54) is 17.6 Å². The van der Waals surface area contributed by atoms with Crippen molar-refractivity contribution >= 4 is 17.2 Å². The molecule has 124 valence electrons. The van der Waals surface area contributed by atoms with Gasteiger partial charge in [0.25, 0.3) is 5.91 Å². The van der Waals surface area contributed by atoms with Gasteiger partial charge in [0.05, 0.1) is 12.8 Å². The molecular weight excluding hydrogens is 322 g/mol. The Bertz CT molecular complexity index is 788. The number of furan rings is 1. The van der Waals surface area contributed by atoms with E-state index in [2.05, 4.69) is 5.32 Å². The predicted molar refractivity (Wildman–Crippen MR) is 94.3 cm³/mol. The molecule has 5 heteroatoms. The number of nitrogens with one attached hydrogen (secondary N) is 1. The van der Waals surface area contributed by atoms with Crippen molar-refractivity contribution in [3.8, 4) is 0 Å². The van der Waals surface area contributed by atoms with Crippen molar-refractivity contribution in [3.63, 3.8) is 0 Å². The van der Waals surface area contributed by atoms with Gasteiger partial charge >= 0.3 is 0 Å². The fourth-order valence-electron chi connectivity index (χ4n) is 2.63. The van der Waals surface area contributed by atoms with Crippen LogP contribution in [0.1, 0.15) is 32.8 Å². The molecule has 1 amide bonds. The first-order valence-corrected chi connectivity index (χ1v) is 8.59. The highest BCUT2D eigenvalue weighted by atomic mass is 32.1. The minimum atomic E-state index is -1.39. The molecule has 0 aliphatic rings. The Morgan fingerprint density at radius 3 is 2.79 bits per heavy atom. The molecule has 24 heavy (non-hydrogen) atoms. The van der Waals surface area contributed by atoms with E-state index in [1.54, 1.807) is 12.1 Å². The summed E-state index contributed by atoms with van der Waals surface area (Å²) in [6.07, 6.45) is 1.51. The molecule has 2 aromatic heterocycles. The van der Waals surface area contributed by atoms with E-state index in [0.717, 1.165) is 11.1 Å². The molecule has 0 radical (unpaired) electrons. The summed E-state index contributed by atoms with van der Waals surface area (Å²) in [5.74, 6) is 0.193. The lowest BCUT2D eigenvalue weighted by atomic mass is 9.93. The zero-order chi connectivity index (χ0) is 17.2. The zero-order valence-corrected chi connectivity index (χ0v) is 14.4. The van der Waals surface area contributed by atoms with Gasteiger partial charge in [-0.25, -0.2) is 0 Å². The fraction of sp³-hybridized carbons (Fsp3) is 0.211. The average Bonchev–Trinajstić information content (AvgIpc) is 3.28. The molecule has 1 aromatic carbocycles. The number of carbonyl (C=O) groups excluding carboxylic acids is 1. The van der Waals surface area contributed by atoms with E-state index in [4.69, 9.17) is 4.42 Å². The fourth-order valence-corrected chi connectivity index (χ4v) is 3.35. The Kier molecular flexibility index (Phi) is 4.55. The molecule has 0 fully saturated rings. The van der Waals surface area contributed by atoms with E-state index < -0.39 is 5.60 Å². The van der Waals surface area contributed by atoms with E-state index in [1.807, 2.05) is 48.9 Å². The summed E-state index contributed by atoms with van der Waals surface area (Å²) in [5, 5.41) is 17.7. The van der Waals surface area contributed by atoms with Gasteiger partial charge in [-0.2, -0.15) is 11.3 Å². The normalized spacial score (nSPS) is 13.5. The topological polar surface area (TPSA) is 62.5 Å². The molecule has 0 bridgehead atoms. The van der Waals surface area contributed by atoms with Crippen LogP contribution in [-0.4, -0.2) is 17.6 Å². The summed E-state index contributed by atoms with van der Waals surface area (Å²) >= 11 is 1.48. The molecule has 1 atom stereocenters. The summed E-state index contributed by atoms with van der Waals surface area (Å²) in [4.78, 5) is 12.6. The quantitative estimate of drug-likeness (QED) is 0.745. The van der Waals surface area contributed by atoms with E-state index in [0.29, 0.717) is 16.9 Å². The molecule has 0 unspecified atom stereocenters. The summed E-state index contributed by atoms with van der Waals surface area (Å²) in [6, 6.07) is 11.0. The Morgan fingerprint density at radius 1 is 1.29 bits per heavy atom. The van der Waals surface area contributed by atoms with Crippen LogP contribution in [0.4, 0.5) is 0 Å². The number of carbonyl (C=O) groups is 1. The first-order valence-electron chi connectivity index (χ1n) is 7.65. The third-order valence-corrected chi connectivity index (χ3v) is 4.75. The summed E-state index contributed by atoms with van der Waals surface area (Å²) in [6.45, 7) is 3.87. The molecule has 4 nitrogen and oxygen atoms in total. The minimum absolute atomic E-state index is 0.0312. The van der Waals surface area contributed by atoms with Gasteiger partial charge in [-0.05, 0) is 54.4 Å². The molecule has 0 aliphatic heterocycles. The molecule has 0 aliphatic carbocycles. The van der Waals surface area contributed by atoms with Gasteiger partial charge < -0.3 is 14.8 Å². The second-order valence-electron chi connectivity index (χ2n) is 5.85. The Balaban J connectivity index is 1.85. The van der Waals surface area contributed by atoms with Gasteiger partial charge in [-0.1, -0.05) is 17.7 Å². The number of rotatable bonds is 5. The molecule has 3 rings (SSSR count). The van der Waals surface area contributed by atoms with Crippen molar-refractivity contribution in [1.29, 1.82) is 0 Å². The Morgan fingerprint density at radius 2 is 2.12 bits per heavy atom. The second-order valence-corrected chi connectivity index (χ2v) is 6.63. The summed E-state index contributed by atoms with van der Waals surface area (Å²) < 4.78 is 5.41. The van der Waals surface area contributed by atoms with Crippen LogP contribution < -0.4 is 5.32 Å². The van der Waals surface area contributed by atoms with Crippen LogP contribution >= 0.6 is 11.3 Å². The van der Waals surface area contributed by atoms with E-state index in [-0.39, 0.29) is 12.5 Å². The third-order valence-electron chi connectivity index (χ3n) is 4.07. The number of hydrogen-bond donors (Lipinski definition) is 2. The van der Waals surface area contributed by atoms with Crippen LogP contribution in [0.2, 0.25) is 0 Å². The first kappa shape index (κ1) is 16.5. The molecule has 0 spiro atoms. The van der Waals surface area contributed by atoms with Crippen LogP contribution in [0.5, 0.6) is 0 Å². The molecule has 0 saturated heterocycles. The third kappa shape index (κ3) is 3.13. The van der Waals surface area contributed by atoms with Gasteiger partial charge in [-0.3, -0.25) is 4.79 Å². The smallest absolute Gasteiger partial charge is 0.251 e. The van der Waals surface area contributed by atoms with E-state index in [9.17, 15) is 9.90 Å². The predicted octanol–water partition coefficient (Wildman–Crippen LogP) is 3.62. The Labute approximate surface area is 144 Å². The van der Waals surface area contributed by atoms with Gasteiger partial charge in [0, 0.05) is 11.1 Å². The number of hydrogen-bond acceptors (Lipinski definition) is 4. The van der Waals surface area contributed by atoms with Crippen LogP contribution in [0.25, 0.3) is 0 Å². The lowest BCUT2D eigenvalue weighted by Gasteiger charge is -2.26. The monoisotopic (exact) mass is 341 g/mol. The highest BCUT2D eigenvalue weighted by Crippen LogP contribution is 2.31. The van der Waals surface area contributed by atoms with Gasteiger partial charge in [0.2, 0.25) is 0 Å². The number of thiophene rings is 1. The van der Waals surface area contributed by atoms with Gasteiger partial charge in [0.1, 0.15) is 5.76 Å². The molecular formula is C19H19NO3S. The number of aryl methyl sites for hydroxylation is 2. The van der Waals surface area contributed by atoms with Crippen LogP contribution in [0, 0.1) is 13.8 Å². The lowest BCUT2D eigenvalue weighted by molar-refractivity contribution is 0.0528. The van der Waals surface area contributed by atoms with Crippen LogP contribution in [0.15, 0.2) is 57.8 Å². The summed E-state index contributed by atoms with van der Waals surface area (Å²) in [5.41, 5.74) is 1.84. The van der Waals surface area contributed by atoms with Gasteiger partial charge in [-0.15, -0.1) is 0 Å². The highest BCUT2D eigenvalue weighted by Gasteiger charge is 2.35. The number of aliphatic hydroxyl groups is 1. The zero-order valence-electron chi connectivity index (χ0n) is 13.6. The standard InChI is InChI=1S/C19H19NO3S/c1-13-5-6-14(2)16(10-13)18(21)20-12-19(22,15-7-9-24-11-15)17-4-3-8-23-17/h3-11,22H,12H2,1-2H3,(H,20,21)/t19-/m0/s1. The maximum Gasteiger partial charge on any atom is 0.251 e. The maximum absolute atomic E-state index is 12.6. The van der Waals surface area contributed by atoms with Crippen molar-refractivity contribution in [2.24, 2.45) is 0 Å². The van der Waals surface area contributed by atoms with Crippen LogP contribution in [0.3, 0.4) is 0 Å². The van der Waals surface area contributed by atoms with Crippen molar-refractivity contribution < 1.29 is 14.3 Å². The van der Waals surface area contributed by atoms with Crippen molar-refractivity contribution in [3.05, 3.63) is 81.4 Å². The molecule has 2 N–H and O–H groups in total. The minimum Gasteiger partial charge on any atom is -0.466 e. The largest absolute Gasteiger partial charge is 0.466 e. The molecule has 2 heterocycles. The van der Waals surface area contributed by atoms with Crippen molar-refractivity contribution in [2.75, 3.05) is 6.54 Å². The van der Waals surface area contributed by atoms with Gasteiger partial charge in [0.15, 0.2) is 5.60 Å². The van der Waals surface area contributed by atoms with Crippen molar-refractivity contribution in [1.82, 2.24) is 5.32 Å². The maximum atomic E-state index is 12.6. The molecule has 0 saturated carbocycles. The molecule has 3 aromatic rings. The second kappa shape index (κ2) is 6.63.